The molecule has 2 heterocycles. The van der Waals surface area contributed by atoms with Crippen LogP contribution in [0, 0.1) is 0 Å². The van der Waals surface area contributed by atoms with Gasteiger partial charge in [-0.1, -0.05) is 11.8 Å². The number of nitrogens with zero attached hydrogens (tertiary/aromatic N) is 3. The van der Waals surface area contributed by atoms with Gasteiger partial charge in [0.05, 0.1) is 19.0 Å². The first-order valence-electron chi connectivity index (χ1n) is 8.84. The number of benzene rings is 1. The molecule has 28 heavy (non-hydrogen) atoms. The van der Waals surface area contributed by atoms with Crippen LogP contribution in [-0.2, 0) is 4.79 Å². The normalized spacial score (nSPS) is 10.5. The molecule has 0 fully saturated rings. The largest absolute Gasteiger partial charge is 0.490 e. The van der Waals surface area contributed by atoms with Crippen LogP contribution >= 0.6 is 11.8 Å². The van der Waals surface area contributed by atoms with Crippen LogP contribution in [0.1, 0.15) is 13.8 Å². The standard InChI is InChI=1S/C19H21N5O3S/c1-3-26-15-6-5-14(11-16(15)27-4-2)21-17(25)12-28-19-22-18(23-24-19)13-7-9-20-10-8-13/h5-11H,3-4,12H2,1-2H3,(H,21,25)(H,22,23,24). The monoisotopic (exact) mass is 399 g/mol. The number of pyridine rings is 1. The maximum Gasteiger partial charge on any atom is 0.234 e. The van der Waals surface area contributed by atoms with E-state index in [1.165, 1.54) is 11.8 Å². The van der Waals surface area contributed by atoms with Gasteiger partial charge < -0.3 is 14.8 Å². The van der Waals surface area contributed by atoms with Crippen LogP contribution < -0.4 is 14.8 Å². The van der Waals surface area contributed by atoms with Gasteiger partial charge in [-0.15, -0.1) is 5.10 Å². The summed E-state index contributed by atoms with van der Waals surface area (Å²) >= 11 is 1.25. The van der Waals surface area contributed by atoms with Gasteiger partial charge in [-0.05, 0) is 38.1 Å². The average molecular weight is 399 g/mol. The zero-order valence-electron chi connectivity index (χ0n) is 15.6. The molecule has 0 aliphatic rings. The Morgan fingerprint density at radius 2 is 1.86 bits per heavy atom. The molecular formula is C19H21N5O3S. The number of aromatic amines is 1. The summed E-state index contributed by atoms with van der Waals surface area (Å²) in [4.78, 5) is 20.6. The minimum atomic E-state index is -0.160. The predicted molar refractivity (Wildman–Crippen MR) is 108 cm³/mol. The van der Waals surface area contributed by atoms with Crippen LogP contribution in [0.3, 0.4) is 0 Å². The number of aromatic nitrogens is 4. The molecular weight excluding hydrogens is 378 g/mol. The van der Waals surface area contributed by atoms with E-state index in [0.29, 0.717) is 41.4 Å². The zero-order chi connectivity index (χ0) is 19.8. The molecule has 0 spiro atoms. The van der Waals surface area contributed by atoms with Gasteiger partial charge in [-0.25, -0.2) is 4.98 Å². The van der Waals surface area contributed by atoms with Gasteiger partial charge in [-0.2, -0.15) is 0 Å². The SMILES string of the molecule is CCOc1ccc(NC(=O)CSc2n[nH]c(-c3ccncc3)n2)cc1OCC. The lowest BCUT2D eigenvalue weighted by Gasteiger charge is -2.12. The highest BCUT2D eigenvalue weighted by atomic mass is 32.2. The number of H-pyrrole nitrogens is 1. The van der Waals surface area contributed by atoms with Crippen molar-refractivity contribution in [2.24, 2.45) is 0 Å². The number of hydrogen-bond acceptors (Lipinski definition) is 7. The molecule has 0 saturated carbocycles. The fourth-order valence-electron chi connectivity index (χ4n) is 2.41. The van der Waals surface area contributed by atoms with Crippen molar-refractivity contribution in [3.05, 3.63) is 42.7 Å². The van der Waals surface area contributed by atoms with Crippen molar-refractivity contribution >= 4 is 23.4 Å². The number of amides is 1. The quantitative estimate of drug-likeness (QED) is 0.532. The van der Waals surface area contributed by atoms with Crippen LogP contribution in [0.15, 0.2) is 47.9 Å². The van der Waals surface area contributed by atoms with Crippen molar-refractivity contribution in [2.75, 3.05) is 24.3 Å². The van der Waals surface area contributed by atoms with E-state index in [1.807, 2.05) is 26.0 Å². The Morgan fingerprint density at radius 1 is 1.11 bits per heavy atom. The van der Waals surface area contributed by atoms with Crippen LogP contribution in [-0.4, -0.2) is 45.0 Å². The third-order valence-corrected chi connectivity index (χ3v) is 4.43. The van der Waals surface area contributed by atoms with E-state index in [-0.39, 0.29) is 11.7 Å². The van der Waals surface area contributed by atoms with E-state index in [4.69, 9.17) is 9.47 Å². The molecule has 0 radical (unpaired) electrons. The van der Waals surface area contributed by atoms with Crippen molar-refractivity contribution in [3.63, 3.8) is 0 Å². The molecule has 0 aliphatic heterocycles. The lowest BCUT2D eigenvalue weighted by molar-refractivity contribution is -0.113. The Bertz CT molecular complexity index is 917. The molecule has 0 saturated heterocycles. The number of carbonyl (C=O) groups excluding carboxylic acids is 1. The summed E-state index contributed by atoms with van der Waals surface area (Å²) in [6.45, 7) is 4.86. The first-order chi connectivity index (χ1) is 13.7. The smallest absolute Gasteiger partial charge is 0.234 e. The summed E-state index contributed by atoms with van der Waals surface area (Å²) < 4.78 is 11.1. The third-order valence-electron chi connectivity index (χ3n) is 3.58. The van der Waals surface area contributed by atoms with Crippen molar-refractivity contribution in [2.45, 2.75) is 19.0 Å². The molecule has 0 aliphatic carbocycles. The highest BCUT2D eigenvalue weighted by molar-refractivity contribution is 7.99. The molecule has 0 atom stereocenters. The first kappa shape index (κ1) is 19.7. The molecule has 8 nitrogen and oxygen atoms in total. The second-order valence-electron chi connectivity index (χ2n) is 5.57. The second-order valence-corrected chi connectivity index (χ2v) is 6.51. The Balaban J connectivity index is 1.57. The van der Waals surface area contributed by atoms with Gasteiger partial charge in [-0.3, -0.25) is 14.9 Å². The molecule has 2 N–H and O–H groups in total. The molecule has 1 amide bonds. The third kappa shape index (κ3) is 5.23. The van der Waals surface area contributed by atoms with Crippen molar-refractivity contribution in [1.29, 1.82) is 0 Å². The van der Waals surface area contributed by atoms with Crippen LogP contribution in [0.2, 0.25) is 0 Å². The molecule has 9 heteroatoms. The van der Waals surface area contributed by atoms with E-state index in [2.05, 4.69) is 25.5 Å². The van der Waals surface area contributed by atoms with Crippen LogP contribution in [0.5, 0.6) is 11.5 Å². The first-order valence-corrected chi connectivity index (χ1v) is 9.83. The van der Waals surface area contributed by atoms with Gasteiger partial charge >= 0.3 is 0 Å². The zero-order valence-corrected chi connectivity index (χ0v) is 16.5. The molecule has 0 bridgehead atoms. The second kappa shape index (κ2) is 9.75. The van der Waals surface area contributed by atoms with Crippen molar-refractivity contribution < 1.29 is 14.3 Å². The number of anilines is 1. The Labute approximate surface area is 167 Å². The molecule has 0 unspecified atom stereocenters. The van der Waals surface area contributed by atoms with E-state index in [0.717, 1.165) is 5.56 Å². The lowest BCUT2D eigenvalue weighted by atomic mass is 10.2. The van der Waals surface area contributed by atoms with Crippen LogP contribution in [0.4, 0.5) is 5.69 Å². The maximum atomic E-state index is 12.3. The van der Waals surface area contributed by atoms with E-state index < -0.39 is 0 Å². The number of nitrogens with one attached hydrogen (secondary N) is 2. The molecule has 2 aromatic heterocycles. The van der Waals surface area contributed by atoms with Gasteiger partial charge in [0.1, 0.15) is 0 Å². The highest BCUT2D eigenvalue weighted by Gasteiger charge is 2.11. The molecule has 146 valence electrons. The number of hydrogen-bond donors (Lipinski definition) is 2. The Morgan fingerprint density at radius 3 is 2.61 bits per heavy atom. The van der Waals surface area contributed by atoms with Gasteiger partial charge in [0, 0.05) is 29.7 Å². The highest BCUT2D eigenvalue weighted by Crippen LogP contribution is 2.30. The summed E-state index contributed by atoms with van der Waals surface area (Å²) in [6, 6.07) is 9.00. The molecule has 3 rings (SSSR count). The summed E-state index contributed by atoms with van der Waals surface area (Å²) in [6.07, 6.45) is 3.37. The summed E-state index contributed by atoms with van der Waals surface area (Å²) in [7, 11) is 0. The van der Waals surface area contributed by atoms with E-state index in [9.17, 15) is 4.79 Å². The van der Waals surface area contributed by atoms with Crippen molar-refractivity contribution in [1.82, 2.24) is 20.2 Å². The number of rotatable bonds is 9. The van der Waals surface area contributed by atoms with E-state index >= 15 is 0 Å². The van der Waals surface area contributed by atoms with Gasteiger partial charge in [0.25, 0.3) is 0 Å². The van der Waals surface area contributed by atoms with Gasteiger partial charge in [0.2, 0.25) is 11.1 Å². The summed E-state index contributed by atoms with van der Waals surface area (Å²) in [5, 5.41) is 10.3. The lowest BCUT2D eigenvalue weighted by Crippen LogP contribution is -2.14. The Kier molecular flexibility index (Phi) is 6.85. The minimum absolute atomic E-state index is 0.160. The van der Waals surface area contributed by atoms with Crippen LogP contribution in [0.25, 0.3) is 11.4 Å². The fourth-order valence-corrected chi connectivity index (χ4v) is 3.00. The van der Waals surface area contributed by atoms with Gasteiger partial charge in [0.15, 0.2) is 17.3 Å². The Hall–Kier alpha value is -3.07. The topological polar surface area (TPSA) is 102 Å². The average Bonchev–Trinajstić information content (AvgIpc) is 3.19. The number of thioether (sulfide) groups is 1. The molecule has 3 aromatic rings. The predicted octanol–water partition coefficient (Wildman–Crippen LogP) is 3.39. The van der Waals surface area contributed by atoms with E-state index in [1.54, 1.807) is 30.6 Å². The minimum Gasteiger partial charge on any atom is -0.490 e. The molecule has 1 aromatic carbocycles. The fraction of sp³-hybridized carbons (Fsp3) is 0.263. The summed E-state index contributed by atoms with van der Waals surface area (Å²) in [5.74, 6) is 1.92. The maximum absolute atomic E-state index is 12.3. The number of carbonyl (C=O) groups is 1. The number of ether oxygens (including phenoxy) is 2. The van der Waals surface area contributed by atoms with Crippen molar-refractivity contribution in [3.8, 4) is 22.9 Å². The summed E-state index contributed by atoms with van der Waals surface area (Å²) in [5.41, 5.74) is 1.53.